The van der Waals surface area contributed by atoms with Crippen molar-refractivity contribution in [1.82, 2.24) is 15.5 Å². The lowest BCUT2D eigenvalue weighted by atomic mass is 10.1. The smallest absolute Gasteiger partial charge is 0.259 e. The molecule has 0 aliphatic heterocycles. The summed E-state index contributed by atoms with van der Waals surface area (Å²) in [7, 11) is 3.43. The molecule has 0 heterocycles. The van der Waals surface area contributed by atoms with Gasteiger partial charge in [-0.3, -0.25) is 4.79 Å². The van der Waals surface area contributed by atoms with Gasteiger partial charge < -0.3 is 20.3 Å². The van der Waals surface area contributed by atoms with Crippen molar-refractivity contribution in [3.05, 3.63) is 65.2 Å². The van der Waals surface area contributed by atoms with Gasteiger partial charge in [-0.1, -0.05) is 55.3 Å². The van der Waals surface area contributed by atoms with Gasteiger partial charge in [-0.25, -0.2) is 4.99 Å². The van der Waals surface area contributed by atoms with Crippen molar-refractivity contribution in [3.8, 4) is 5.75 Å². The monoisotopic (exact) mass is 410 g/mol. The molecule has 0 radical (unpaired) electrons. The van der Waals surface area contributed by atoms with E-state index in [0.717, 1.165) is 30.9 Å². The number of likely N-dealkylation sites (N-methyl/N-ethyl adjacent to an activating group) is 1. The third kappa shape index (κ3) is 8.55. The molecule has 0 aromatic heterocycles. The number of rotatable bonds is 10. The normalized spacial score (nSPS) is 11.1. The van der Waals surface area contributed by atoms with E-state index in [1.54, 1.807) is 14.1 Å². The number of carbonyl (C=O) groups excluding carboxylic acids is 1. The third-order valence-corrected chi connectivity index (χ3v) is 4.58. The van der Waals surface area contributed by atoms with E-state index in [1.165, 1.54) is 16.0 Å². The molecular weight excluding hydrogens is 376 g/mol. The first-order chi connectivity index (χ1) is 14.5. The molecule has 6 nitrogen and oxygen atoms in total. The zero-order valence-electron chi connectivity index (χ0n) is 18.6. The Morgan fingerprint density at radius 1 is 1.07 bits per heavy atom. The summed E-state index contributed by atoms with van der Waals surface area (Å²) in [4.78, 5) is 18.0. The number of hydrogen-bond acceptors (Lipinski definition) is 3. The molecule has 0 aliphatic rings. The Bertz CT molecular complexity index is 816. The second-order valence-corrected chi connectivity index (χ2v) is 7.51. The van der Waals surface area contributed by atoms with E-state index in [2.05, 4.69) is 48.7 Å². The van der Waals surface area contributed by atoms with Crippen LogP contribution in [0, 0.1) is 6.92 Å². The molecular formula is C24H34N4O2. The highest BCUT2D eigenvalue weighted by atomic mass is 16.5. The van der Waals surface area contributed by atoms with Gasteiger partial charge in [-0.2, -0.15) is 0 Å². The minimum absolute atomic E-state index is 0.0294. The van der Waals surface area contributed by atoms with Crippen molar-refractivity contribution < 1.29 is 9.53 Å². The summed E-state index contributed by atoms with van der Waals surface area (Å²) < 4.78 is 5.60. The molecule has 2 aromatic rings. The summed E-state index contributed by atoms with van der Waals surface area (Å²) in [6.45, 7) is 6.41. The summed E-state index contributed by atoms with van der Waals surface area (Å²) >= 11 is 0. The van der Waals surface area contributed by atoms with E-state index < -0.39 is 0 Å². The molecule has 2 aromatic carbocycles. The number of benzene rings is 2. The Kier molecular flexibility index (Phi) is 9.71. The van der Waals surface area contributed by atoms with E-state index in [-0.39, 0.29) is 12.5 Å². The van der Waals surface area contributed by atoms with Gasteiger partial charge in [0.25, 0.3) is 5.91 Å². The molecule has 1 amide bonds. The number of carbonyl (C=O) groups is 1. The Morgan fingerprint density at radius 3 is 2.53 bits per heavy atom. The van der Waals surface area contributed by atoms with Crippen LogP contribution in [-0.4, -0.2) is 44.0 Å². The molecule has 162 valence electrons. The van der Waals surface area contributed by atoms with E-state index in [1.807, 2.05) is 24.3 Å². The van der Waals surface area contributed by atoms with Crippen LogP contribution >= 0.6 is 0 Å². The van der Waals surface area contributed by atoms with Gasteiger partial charge in [0.05, 0.1) is 6.54 Å². The second kappa shape index (κ2) is 12.5. The maximum absolute atomic E-state index is 11.7. The van der Waals surface area contributed by atoms with Gasteiger partial charge in [0.15, 0.2) is 12.6 Å². The van der Waals surface area contributed by atoms with Crippen LogP contribution in [0.2, 0.25) is 0 Å². The van der Waals surface area contributed by atoms with Crippen LogP contribution in [0.15, 0.2) is 53.5 Å². The lowest BCUT2D eigenvalue weighted by molar-refractivity contribution is -0.130. The van der Waals surface area contributed by atoms with Crippen LogP contribution in [0.5, 0.6) is 5.75 Å². The SMILES string of the molecule is CCCCNC(=NCc1cccc(OCC(=O)N(C)C)c1)NCc1ccc(C)cc1. The zero-order valence-corrected chi connectivity index (χ0v) is 18.6. The Labute approximate surface area is 180 Å². The zero-order chi connectivity index (χ0) is 21.8. The van der Waals surface area contributed by atoms with Gasteiger partial charge in [0, 0.05) is 27.2 Å². The van der Waals surface area contributed by atoms with Gasteiger partial charge >= 0.3 is 0 Å². The minimum atomic E-state index is -0.0684. The molecule has 0 aliphatic carbocycles. The Balaban J connectivity index is 1.98. The number of guanidine groups is 1. The molecule has 0 saturated heterocycles. The Morgan fingerprint density at radius 2 is 1.83 bits per heavy atom. The number of ether oxygens (including phenoxy) is 1. The van der Waals surface area contributed by atoms with Gasteiger partial charge in [0.1, 0.15) is 5.75 Å². The maximum Gasteiger partial charge on any atom is 0.259 e. The van der Waals surface area contributed by atoms with Gasteiger partial charge in [-0.15, -0.1) is 0 Å². The van der Waals surface area contributed by atoms with Crippen molar-refractivity contribution in [2.75, 3.05) is 27.2 Å². The van der Waals surface area contributed by atoms with Crippen molar-refractivity contribution in [2.24, 2.45) is 4.99 Å². The Hall–Kier alpha value is -3.02. The predicted molar refractivity (Wildman–Crippen MR) is 123 cm³/mol. The number of aryl methyl sites for hydroxylation is 1. The quantitative estimate of drug-likeness (QED) is 0.357. The molecule has 2 rings (SSSR count). The van der Waals surface area contributed by atoms with Crippen LogP contribution in [0.25, 0.3) is 0 Å². The largest absolute Gasteiger partial charge is 0.484 e. The van der Waals surface area contributed by atoms with Crippen molar-refractivity contribution in [2.45, 2.75) is 39.8 Å². The molecule has 0 fully saturated rings. The first kappa shape index (κ1) is 23.3. The van der Waals surface area contributed by atoms with Gasteiger partial charge in [0.2, 0.25) is 0 Å². The number of nitrogens with one attached hydrogen (secondary N) is 2. The molecule has 0 spiro atoms. The fourth-order valence-electron chi connectivity index (χ4n) is 2.63. The molecule has 0 unspecified atom stereocenters. The minimum Gasteiger partial charge on any atom is -0.484 e. The number of aliphatic imine (C=N–C) groups is 1. The maximum atomic E-state index is 11.7. The summed E-state index contributed by atoms with van der Waals surface area (Å²) in [5, 5.41) is 6.81. The average molecular weight is 411 g/mol. The van der Waals surface area contributed by atoms with Crippen molar-refractivity contribution in [1.29, 1.82) is 0 Å². The van der Waals surface area contributed by atoms with E-state index >= 15 is 0 Å². The molecule has 0 saturated carbocycles. The van der Waals surface area contributed by atoms with Crippen LogP contribution in [0.1, 0.15) is 36.5 Å². The van der Waals surface area contributed by atoms with Crippen LogP contribution < -0.4 is 15.4 Å². The first-order valence-corrected chi connectivity index (χ1v) is 10.5. The molecule has 6 heteroatoms. The molecule has 2 N–H and O–H groups in total. The van der Waals surface area contributed by atoms with Crippen molar-refractivity contribution in [3.63, 3.8) is 0 Å². The van der Waals surface area contributed by atoms with Crippen LogP contribution in [0.4, 0.5) is 0 Å². The van der Waals surface area contributed by atoms with Crippen molar-refractivity contribution >= 4 is 11.9 Å². The molecule has 30 heavy (non-hydrogen) atoms. The topological polar surface area (TPSA) is 66.0 Å². The van der Waals surface area contributed by atoms with E-state index in [4.69, 9.17) is 9.73 Å². The van der Waals surface area contributed by atoms with E-state index in [9.17, 15) is 4.79 Å². The highest BCUT2D eigenvalue weighted by Gasteiger charge is 2.05. The van der Waals surface area contributed by atoms with Crippen LogP contribution in [0.3, 0.4) is 0 Å². The predicted octanol–water partition coefficient (Wildman–Crippen LogP) is 3.50. The summed E-state index contributed by atoms with van der Waals surface area (Å²) in [6.07, 6.45) is 2.22. The first-order valence-electron chi connectivity index (χ1n) is 10.5. The summed E-state index contributed by atoms with van der Waals surface area (Å²) in [6, 6.07) is 16.2. The van der Waals surface area contributed by atoms with E-state index in [0.29, 0.717) is 18.8 Å². The van der Waals surface area contributed by atoms with Crippen LogP contribution in [-0.2, 0) is 17.9 Å². The number of nitrogens with zero attached hydrogens (tertiary/aromatic N) is 2. The fourth-order valence-corrected chi connectivity index (χ4v) is 2.63. The lowest BCUT2D eigenvalue weighted by Gasteiger charge is -2.13. The average Bonchev–Trinajstić information content (AvgIpc) is 2.75. The summed E-state index contributed by atoms with van der Waals surface area (Å²) in [5.41, 5.74) is 3.49. The fraction of sp³-hybridized carbons (Fsp3) is 0.417. The highest BCUT2D eigenvalue weighted by Crippen LogP contribution is 2.14. The summed E-state index contributed by atoms with van der Waals surface area (Å²) in [5.74, 6) is 1.39. The number of amides is 1. The lowest BCUT2D eigenvalue weighted by Crippen LogP contribution is -2.37. The second-order valence-electron chi connectivity index (χ2n) is 7.51. The number of hydrogen-bond donors (Lipinski definition) is 2. The third-order valence-electron chi connectivity index (χ3n) is 4.58. The van der Waals surface area contributed by atoms with Gasteiger partial charge in [-0.05, 0) is 36.6 Å². The highest BCUT2D eigenvalue weighted by molar-refractivity contribution is 5.79. The molecule has 0 atom stereocenters. The number of unbranched alkanes of at least 4 members (excludes halogenated alkanes) is 1. The standard InChI is InChI=1S/C24H34N4O2/c1-5-6-14-25-24(26-16-20-12-10-19(2)11-13-20)27-17-21-8-7-9-22(15-21)30-18-23(29)28(3)4/h7-13,15H,5-6,14,16-18H2,1-4H3,(H2,25,26,27). The molecule has 0 bridgehead atoms.